The number of carbonyl (C=O) groups is 1. The number of halogens is 2. The van der Waals surface area contributed by atoms with Gasteiger partial charge in [0.05, 0.1) is 38.0 Å². The molecular formula is C26H23ClIN3O7S. The van der Waals surface area contributed by atoms with Crippen molar-refractivity contribution in [2.24, 2.45) is 4.99 Å². The molecule has 3 aromatic rings. The number of phenols is 1. The number of aromatic nitrogens is 1. The molecule has 204 valence electrons. The Balaban J connectivity index is 2.06. The van der Waals surface area contributed by atoms with E-state index in [0.717, 1.165) is 11.3 Å². The summed E-state index contributed by atoms with van der Waals surface area (Å²) in [5.41, 5.74) is 0.605. The molecule has 1 aliphatic heterocycles. The molecule has 0 saturated heterocycles. The average molecular weight is 684 g/mol. The molecule has 0 unspecified atom stereocenters. The van der Waals surface area contributed by atoms with Gasteiger partial charge in [0.15, 0.2) is 4.80 Å². The first kappa shape index (κ1) is 28.8. The van der Waals surface area contributed by atoms with Gasteiger partial charge in [0.25, 0.3) is 5.56 Å². The molecule has 1 atom stereocenters. The summed E-state index contributed by atoms with van der Waals surface area (Å²) in [4.78, 5) is 43.0. The molecule has 0 bridgehead atoms. The van der Waals surface area contributed by atoms with Gasteiger partial charge < -0.3 is 14.6 Å². The quantitative estimate of drug-likeness (QED) is 0.161. The van der Waals surface area contributed by atoms with Crippen molar-refractivity contribution in [2.75, 3.05) is 13.7 Å². The number of hydrogen-bond acceptors (Lipinski definition) is 9. The molecular weight excluding hydrogens is 661 g/mol. The van der Waals surface area contributed by atoms with Gasteiger partial charge in [-0.15, -0.1) is 0 Å². The molecule has 2 aromatic carbocycles. The molecule has 0 radical (unpaired) electrons. The Bertz CT molecular complexity index is 1700. The maximum Gasteiger partial charge on any atom is 0.338 e. The molecule has 10 nitrogen and oxygen atoms in total. The van der Waals surface area contributed by atoms with Crippen LogP contribution in [0.1, 0.15) is 43.9 Å². The summed E-state index contributed by atoms with van der Waals surface area (Å²) in [6.45, 7) is 3.78. The molecule has 4 rings (SSSR count). The molecule has 1 N–H and O–H groups in total. The number of rotatable bonds is 8. The maximum absolute atomic E-state index is 13.9. The number of thiazole rings is 1. The second-order valence-electron chi connectivity index (χ2n) is 8.43. The molecule has 0 saturated carbocycles. The monoisotopic (exact) mass is 683 g/mol. The number of hydrogen-bond donors (Lipinski definition) is 1. The third-order valence-corrected chi connectivity index (χ3v) is 7.98. The fourth-order valence-electron chi connectivity index (χ4n) is 4.31. The normalized spacial score (nSPS) is 15.1. The minimum Gasteiger partial charge on any atom is -0.501 e. The molecule has 1 aromatic heterocycles. The highest BCUT2D eigenvalue weighted by Gasteiger charge is 2.36. The fourth-order valence-corrected chi connectivity index (χ4v) is 6.15. The van der Waals surface area contributed by atoms with Crippen molar-refractivity contribution < 1.29 is 24.3 Å². The minimum absolute atomic E-state index is 0.129. The van der Waals surface area contributed by atoms with E-state index >= 15 is 0 Å². The van der Waals surface area contributed by atoms with Gasteiger partial charge in [0.1, 0.15) is 11.8 Å². The number of nitro groups is 1. The molecule has 0 aliphatic carbocycles. The number of methoxy groups -OCH3 is 1. The van der Waals surface area contributed by atoms with E-state index in [1.807, 2.05) is 6.92 Å². The maximum atomic E-state index is 13.9. The Morgan fingerprint density at radius 1 is 1.33 bits per heavy atom. The largest absolute Gasteiger partial charge is 0.501 e. The van der Waals surface area contributed by atoms with Gasteiger partial charge in [0.2, 0.25) is 5.75 Å². The number of allylic oxidation sites excluding steroid dienone is 1. The van der Waals surface area contributed by atoms with E-state index in [1.165, 1.54) is 29.9 Å². The van der Waals surface area contributed by atoms with Crippen LogP contribution in [-0.4, -0.2) is 34.3 Å². The van der Waals surface area contributed by atoms with Crippen molar-refractivity contribution >= 4 is 63.3 Å². The van der Waals surface area contributed by atoms with Crippen LogP contribution in [0.4, 0.5) is 5.69 Å². The summed E-state index contributed by atoms with van der Waals surface area (Å²) in [5, 5.41) is 21.9. The Labute approximate surface area is 245 Å². The summed E-state index contributed by atoms with van der Waals surface area (Å²) in [6.07, 6.45) is 2.64. The number of benzene rings is 2. The lowest BCUT2D eigenvalue weighted by atomic mass is 9.93. The second kappa shape index (κ2) is 11.9. The molecule has 2 heterocycles. The van der Waals surface area contributed by atoms with Crippen molar-refractivity contribution in [1.82, 2.24) is 4.57 Å². The Morgan fingerprint density at radius 2 is 2.08 bits per heavy atom. The first-order valence-electron chi connectivity index (χ1n) is 11.8. The summed E-state index contributed by atoms with van der Waals surface area (Å²) in [5.74, 6) is -0.632. The average Bonchev–Trinajstić information content (AvgIpc) is 3.19. The van der Waals surface area contributed by atoms with Crippen LogP contribution in [0.25, 0.3) is 6.08 Å². The standard InChI is InChI=1S/C26H23ClIN3O7S/c1-4-6-17-21(25(34)38-5-2)22(15-12-14(27)7-8-19(15)37-3)30-24(33)20(39-26(30)29-17)11-13-9-16(28)23(32)18(10-13)31(35)36/h7-12,22,32H,4-6H2,1-3H3/b20-11+/t22-/m0/s1. The van der Waals surface area contributed by atoms with Crippen LogP contribution in [0, 0.1) is 13.7 Å². The highest BCUT2D eigenvalue weighted by atomic mass is 127. The fraction of sp³-hybridized carbons (Fsp3) is 0.269. The zero-order valence-electron chi connectivity index (χ0n) is 21.1. The second-order valence-corrected chi connectivity index (χ2v) is 11.0. The number of fused-ring (bicyclic) bond motifs is 1. The van der Waals surface area contributed by atoms with Crippen LogP contribution in [0.2, 0.25) is 5.02 Å². The van der Waals surface area contributed by atoms with E-state index in [-0.39, 0.29) is 20.3 Å². The number of esters is 1. The van der Waals surface area contributed by atoms with Gasteiger partial charge in [-0.3, -0.25) is 19.5 Å². The van der Waals surface area contributed by atoms with Crippen LogP contribution in [-0.2, 0) is 9.53 Å². The van der Waals surface area contributed by atoms with Gasteiger partial charge >= 0.3 is 11.7 Å². The lowest BCUT2D eigenvalue weighted by molar-refractivity contribution is -0.386. The van der Waals surface area contributed by atoms with Gasteiger partial charge in [-0.2, -0.15) is 0 Å². The predicted molar refractivity (Wildman–Crippen MR) is 155 cm³/mol. The Hall–Kier alpha value is -3.23. The van der Waals surface area contributed by atoms with Crippen molar-refractivity contribution in [2.45, 2.75) is 32.7 Å². The number of nitro benzene ring substituents is 1. The Morgan fingerprint density at radius 3 is 2.72 bits per heavy atom. The summed E-state index contributed by atoms with van der Waals surface area (Å²) < 4.78 is 12.9. The first-order valence-corrected chi connectivity index (χ1v) is 14.1. The van der Waals surface area contributed by atoms with Crippen LogP contribution < -0.4 is 19.6 Å². The van der Waals surface area contributed by atoms with Gasteiger partial charge in [-0.1, -0.05) is 36.3 Å². The summed E-state index contributed by atoms with van der Waals surface area (Å²) >= 11 is 9.23. The molecule has 0 amide bonds. The van der Waals surface area contributed by atoms with E-state index < -0.39 is 33.9 Å². The molecule has 39 heavy (non-hydrogen) atoms. The van der Waals surface area contributed by atoms with Crippen LogP contribution in [0.5, 0.6) is 11.5 Å². The predicted octanol–water partition coefficient (Wildman–Crippen LogP) is 4.46. The lowest BCUT2D eigenvalue weighted by Crippen LogP contribution is -2.40. The number of nitrogens with zero attached hydrogens (tertiary/aromatic N) is 3. The van der Waals surface area contributed by atoms with Gasteiger partial charge in [-0.05, 0) is 71.8 Å². The zero-order chi connectivity index (χ0) is 28.4. The Kier molecular flexibility index (Phi) is 8.76. The van der Waals surface area contributed by atoms with Crippen LogP contribution >= 0.6 is 45.5 Å². The van der Waals surface area contributed by atoms with Crippen LogP contribution in [0.3, 0.4) is 0 Å². The van der Waals surface area contributed by atoms with E-state index in [1.54, 1.807) is 47.7 Å². The van der Waals surface area contributed by atoms with E-state index in [4.69, 9.17) is 26.1 Å². The molecule has 0 fully saturated rings. The highest BCUT2D eigenvalue weighted by molar-refractivity contribution is 14.1. The molecule has 1 aliphatic rings. The highest BCUT2D eigenvalue weighted by Crippen LogP contribution is 2.38. The van der Waals surface area contributed by atoms with Crippen molar-refractivity contribution in [3.8, 4) is 11.5 Å². The van der Waals surface area contributed by atoms with Crippen molar-refractivity contribution in [3.05, 3.63) is 91.1 Å². The van der Waals surface area contributed by atoms with E-state index in [9.17, 15) is 24.8 Å². The first-order chi connectivity index (χ1) is 18.6. The van der Waals surface area contributed by atoms with Crippen LogP contribution in [0.15, 0.2) is 51.4 Å². The molecule has 13 heteroatoms. The zero-order valence-corrected chi connectivity index (χ0v) is 24.8. The van der Waals surface area contributed by atoms with Crippen molar-refractivity contribution in [3.63, 3.8) is 0 Å². The SMILES string of the molecule is CCCC1=C(C(=O)OCC)[C@H](c2cc(Cl)ccc2OC)n2c(s/c(=C/c3cc(I)c(O)c([N+](=O)[O-])c3)c2=O)=N1. The lowest BCUT2D eigenvalue weighted by Gasteiger charge is -2.27. The third-order valence-electron chi connectivity index (χ3n) is 5.94. The summed E-state index contributed by atoms with van der Waals surface area (Å²) in [7, 11) is 1.48. The number of ether oxygens (including phenoxy) is 2. The van der Waals surface area contributed by atoms with Gasteiger partial charge in [-0.25, -0.2) is 9.79 Å². The minimum atomic E-state index is -0.938. The van der Waals surface area contributed by atoms with E-state index in [0.29, 0.717) is 45.2 Å². The number of carbonyl (C=O) groups excluding carboxylic acids is 1. The summed E-state index contributed by atoms with van der Waals surface area (Å²) in [6, 6.07) is 6.74. The van der Waals surface area contributed by atoms with E-state index in [2.05, 4.69) is 0 Å². The van der Waals surface area contributed by atoms with Crippen molar-refractivity contribution in [1.29, 1.82) is 0 Å². The number of aromatic hydroxyl groups is 1. The third kappa shape index (κ3) is 5.58. The van der Waals surface area contributed by atoms with Gasteiger partial charge in [0, 0.05) is 16.7 Å². The smallest absolute Gasteiger partial charge is 0.338 e. The molecule has 0 spiro atoms. The number of phenolic OH excluding ortho intramolecular Hbond substituents is 1. The topological polar surface area (TPSA) is 133 Å².